The number of rotatable bonds is 2. The zero-order valence-corrected chi connectivity index (χ0v) is 13.1. The standard InChI is InChI=1S/C17H19N3O3/c1-11-18-19-16(23-11)15-10-20(8-9-22-15)17(21)14-7-3-5-12-4-2-6-13(12)14/h3,5,7,15H,2,4,6,8-10H2,1H3/t15-/m0/s1. The molecule has 0 spiro atoms. The first-order valence-corrected chi connectivity index (χ1v) is 8.04. The number of hydrogen-bond acceptors (Lipinski definition) is 5. The number of fused-ring (bicyclic) bond motifs is 1. The summed E-state index contributed by atoms with van der Waals surface area (Å²) in [5, 5.41) is 7.85. The third kappa shape index (κ3) is 2.63. The lowest BCUT2D eigenvalue weighted by atomic mass is 10.0. The Hall–Kier alpha value is -2.21. The summed E-state index contributed by atoms with van der Waals surface area (Å²) in [6, 6.07) is 6.05. The highest BCUT2D eigenvalue weighted by Gasteiger charge is 2.31. The fourth-order valence-corrected chi connectivity index (χ4v) is 3.42. The lowest BCUT2D eigenvalue weighted by Gasteiger charge is -2.31. The van der Waals surface area contributed by atoms with Gasteiger partial charge < -0.3 is 14.1 Å². The van der Waals surface area contributed by atoms with Crippen LogP contribution in [0.15, 0.2) is 22.6 Å². The van der Waals surface area contributed by atoms with Crippen LogP contribution in [0.3, 0.4) is 0 Å². The van der Waals surface area contributed by atoms with Crippen LogP contribution in [-0.2, 0) is 17.6 Å². The van der Waals surface area contributed by atoms with Gasteiger partial charge in [0.2, 0.25) is 11.8 Å². The number of aromatic nitrogens is 2. The fourth-order valence-electron chi connectivity index (χ4n) is 3.42. The van der Waals surface area contributed by atoms with Gasteiger partial charge in [-0.1, -0.05) is 12.1 Å². The Morgan fingerprint density at radius 1 is 1.30 bits per heavy atom. The van der Waals surface area contributed by atoms with Crippen molar-refractivity contribution in [2.45, 2.75) is 32.3 Å². The van der Waals surface area contributed by atoms with Gasteiger partial charge in [-0.25, -0.2) is 0 Å². The number of amides is 1. The summed E-state index contributed by atoms with van der Waals surface area (Å²) >= 11 is 0. The van der Waals surface area contributed by atoms with Crippen LogP contribution in [0.25, 0.3) is 0 Å². The Morgan fingerprint density at radius 2 is 2.22 bits per heavy atom. The highest BCUT2D eigenvalue weighted by molar-refractivity contribution is 5.96. The Bertz CT molecular complexity index is 740. The summed E-state index contributed by atoms with van der Waals surface area (Å²) < 4.78 is 11.1. The van der Waals surface area contributed by atoms with Crippen LogP contribution >= 0.6 is 0 Å². The van der Waals surface area contributed by atoms with Crippen molar-refractivity contribution in [1.29, 1.82) is 0 Å². The summed E-state index contributed by atoms with van der Waals surface area (Å²) in [5.41, 5.74) is 3.37. The highest BCUT2D eigenvalue weighted by atomic mass is 16.5. The van der Waals surface area contributed by atoms with Crippen LogP contribution in [0.4, 0.5) is 0 Å². The number of nitrogens with zero attached hydrogens (tertiary/aromatic N) is 3. The highest BCUT2D eigenvalue weighted by Crippen LogP contribution is 2.28. The summed E-state index contributed by atoms with van der Waals surface area (Å²) in [6.45, 7) is 3.26. The maximum absolute atomic E-state index is 12.9. The zero-order valence-electron chi connectivity index (χ0n) is 13.1. The first-order chi connectivity index (χ1) is 11.2. The van der Waals surface area contributed by atoms with E-state index in [1.54, 1.807) is 6.92 Å². The molecule has 1 fully saturated rings. The number of carbonyl (C=O) groups excluding carboxylic acids is 1. The third-order valence-electron chi connectivity index (χ3n) is 4.55. The molecule has 2 heterocycles. The number of carbonyl (C=O) groups is 1. The quantitative estimate of drug-likeness (QED) is 0.849. The Labute approximate surface area is 134 Å². The SMILES string of the molecule is Cc1nnc([C@@H]2CN(C(=O)c3cccc4c3CCC4)CCO2)o1. The van der Waals surface area contributed by atoms with Crippen molar-refractivity contribution in [3.8, 4) is 0 Å². The van der Waals surface area contributed by atoms with Crippen molar-refractivity contribution in [3.63, 3.8) is 0 Å². The molecule has 1 saturated heterocycles. The van der Waals surface area contributed by atoms with Gasteiger partial charge in [0.05, 0.1) is 13.2 Å². The second-order valence-corrected chi connectivity index (χ2v) is 6.07. The normalized spacial score (nSPS) is 20.6. The van der Waals surface area contributed by atoms with Crippen LogP contribution < -0.4 is 0 Å². The molecule has 6 heteroatoms. The topological polar surface area (TPSA) is 68.5 Å². The maximum atomic E-state index is 12.9. The second kappa shape index (κ2) is 5.77. The summed E-state index contributed by atoms with van der Waals surface area (Å²) in [5.74, 6) is 1.03. The molecule has 6 nitrogen and oxygen atoms in total. The van der Waals surface area contributed by atoms with E-state index >= 15 is 0 Å². The lowest BCUT2D eigenvalue weighted by Crippen LogP contribution is -2.42. The van der Waals surface area contributed by atoms with Crippen molar-refractivity contribution in [2.75, 3.05) is 19.7 Å². The maximum Gasteiger partial charge on any atom is 0.254 e. The van der Waals surface area contributed by atoms with E-state index in [-0.39, 0.29) is 12.0 Å². The van der Waals surface area contributed by atoms with Crippen molar-refractivity contribution in [2.24, 2.45) is 0 Å². The van der Waals surface area contributed by atoms with Gasteiger partial charge in [-0.3, -0.25) is 4.79 Å². The van der Waals surface area contributed by atoms with Gasteiger partial charge in [0.25, 0.3) is 5.91 Å². The molecule has 0 radical (unpaired) electrons. The van der Waals surface area contributed by atoms with Gasteiger partial charge in [-0.15, -0.1) is 10.2 Å². The predicted molar refractivity (Wildman–Crippen MR) is 82.1 cm³/mol. The Kier molecular flexibility index (Phi) is 3.61. The van der Waals surface area contributed by atoms with Crippen LogP contribution in [0, 0.1) is 6.92 Å². The monoisotopic (exact) mass is 313 g/mol. The molecule has 1 amide bonds. The number of ether oxygens (including phenoxy) is 1. The average Bonchev–Trinajstić information content (AvgIpc) is 3.22. The van der Waals surface area contributed by atoms with E-state index in [1.807, 2.05) is 17.0 Å². The van der Waals surface area contributed by atoms with E-state index < -0.39 is 0 Å². The van der Waals surface area contributed by atoms with Crippen molar-refractivity contribution in [1.82, 2.24) is 15.1 Å². The number of aryl methyl sites for hydroxylation is 2. The van der Waals surface area contributed by atoms with Crippen LogP contribution in [-0.4, -0.2) is 40.7 Å². The van der Waals surface area contributed by atoms with Crippen LogP contribution in [0.1, 0.15) is 45.8 Å². The van der Waals surface area contributed by atoms with Crippen molar-refractivity contribution in [3.05, 3.63) is 46.7 Å². The molecule has 1 aromatic carbocycles. The molecule has 1 aliphatic carbocycles. The van der Waals surface area contributed by atoms with Gasteiger partial charge >= 0.3 is 0 Å². The van der Waals surface area contributed by atoms with Gasteiger partial charge in [0.1, 0.15) is 0 Å². The van der Waals surface area contributed by atoms with Crippen molar-refractivity contribution >= 4 is 5.91 Å². The molecule has 2 aliphatic rings. The Morgan fingerprint density at radius 3 is 3.04 bits per heavy atom. The molecular weight excluding hydrogens is 294 g/mol. The fraction of sp³-hybridized carbons (Fsp3) is 0.471. The van der Waals surface area contributed by atoms with Crippen molar-refractivity contribution < 1.29 is 13.9 Å². The molecule has 0 N–H and O–H groups in total. The molecule has 2 aromatic rings. The molecule has 23 heavy (non-hydrogen) atoms. The average molecular weight is 313 g/mol. The summed E-state index contributed by atoms with van der Waals surface area (Å²) in [4.78, 5) is 14.8. The van der Waals surface area contributed by atoms with Gasteiger partial charge in [0, 0.05) is 19.0 Å². The minimum atomic E-state index is -0.342. The molecule has 0 bridgehead atoms. The second-order valence-electron chi connectivity index (χ2n) is 6.07. The van der Waals surface area contributed by atoms with Crippen LogP contribution in [0.2, 0.25) is 0 Å². The zero-order chi connectivity index (χ0) is 15.8. The molecule has 1 aromatic heterocycles. The lowest BCUT2D eigenvalue weighted by molar-refractivity contribution is -0.0349. The largest absolute Gasteiger partial charge is 0.423 e. The number of hydrogen-bond donors (Lipinski definition) is 0. The molecular formula is C17H19N3O3. The van der Waals surface area contributed by atoms with E-state index in [9.17, 15) is 4.79 Å². The smallest absolute Gasteiger partial charge is 0.254 e. The van der Waals surface area contributed by atoms with E-state index in [0.29, 0.717) is 31.5 Å². The minimum absolute atomic E-state index is 0.0771. The summed E-state index contributed by atoms with van der Waals surface area (Å²) in [6.07, 6.45) is 2.86. The Balaban J connectivity index is 1.56. The van der Waals surface area contributed by atoms with Gasteiger partial charge in [-0.05, 0) is 36.5 Å². The number of benzene rings is 1. The molecule has 0 saturated carbocycles. The minimum Gasteiger partial charge on any atom is -0.423 e. The van der Waals surface area contributed by atoms with E-state index in [2.05, 4.69) is 16.3 Å². The van der Waals surface area contributed by atoms with E-state index in [0.717, 1.165) is 24.8 Å². The molecule has 0 unspecified atom stereocenters. The summed E-state index contributed by atoms with van der Waals surface area (Å²) in [7, 11) is 0. The van der Waals surface area contributed by atoms with E-state index in [4.69, 9.17) is 9.15 Å². The first kappa shape index (κ1) is 14.4. The van der Waals surface area contributed by atoms with Gasteiger partial charge in [-0.2, -0.15) is 0 Å². The molecule has 4 rings (SSSR count). The molecule has 120 valence electrons. The van der Waals surface area contributed by atoms with Gasteiger partial charge in [0.15, 0.2) is 6.10 Å². The predicted octanol–water partition coefficient (Wildman–Crippen LogP) is 2.08. The molecule has 1 atom stereocenters. The van der Waals surface area contributed by atoms with Crippen LogP contribution in [0.5, 0.6) is 0 Å². The first-order valence-electron chi connectivity index (χ1n) is 8.04. The number of morpholine rings is 1. The third-order valence-corrected chi connectivity index (χ3v) is 4.55. The van der Waals surface area contributed by atoms with E-state index in [1.165, 1.54) is 11.1 Å². The molecule has 1 aliphatic heterocycles.